The highest BCUT2D eigenvalue weighted by atomic mass is 32.2. The summed E-state index contributed by atoms with van der Waals surface area (Å²) >= 11 is 3.69. The molecule has 0 saturated carbocycles. The van der Waals surface area contributed by atoms with Gasteiger partial charge in [0.15, 0.2) is 0 Å². The van der Waals surface area contributed by atoms with E-state index in [2.05, 4.69) is 12.6 Å². The molecule has 0 spiro atoms. The third-order valence-electron chi connectivity index (χ3n) is 0.951. The number of terminal acetylenes is 1. The zero-order chi connectivity index (χ0) is 9.12. The second-order valence-electron chi connectivity index (χ2n) is 2.06. The van der Waals surface area contributed by atoms with Gasteiger partial charge in [-0.05, 0) is 0 Å². The standard InChI is InChI=1S/C5H8O4S2/c1-2-5(10,3-6)4-11(7,8)9/h1,6,10H,3-4H2,(H,7,8,9). The molecular formula is C5H8O4S2. The average molecular weight is 196 g/mol. The van der Waals surface area contributed by atoms with Crippen molar-refractivity contribution in [2.75, 3.05) is 12.4 Å². The van der Waals surface area contributed by atoms with Crippen LogP contribution in [0.4, 0.5) is 0 Å². The Balaban J connectivity index is 4.49. The van der Waals surface area contributed by atoms with Crippen LogP contribution in [0.25, 0.3) is 0 Å². The van der Waals surface area contributed by atoms with E-state index in [1.165, 1.54) is 0 Å². The lowest BCUT2D eigenvalue weighted by Gasteiger charge is -2.16. The van der Waals surface area contributed by atoms with Gasteiger partial charge in [0.2, 0.25) is 0 Å². The molecule has 0 bridgehead atoms. The Bertz CT molecular complexity index is 263. The quantitative estimate of drug-likeness (QED) is 0.313. The van der Waals surface area contributed by atoms with Crippen molar-refractivity contribution >= 4 is 22.7 Å². The van der Waals surface area contributed by atoms with Gasteiger partial charge in [0, 0.05) is 0 Å². The first-order valence-electron chi connectivity index (χ1n) is 2.59. The minimum atomic E-state index is -4.18. The Morgan fingerprint density at radius 3 is 2.18 bits per heavy atom. The second kappa shape index (κ2) is 3.45. The summed E-state index contributed by atoms with van der Waals surface area (Å²) in [7, 11) is -4.18. The molecule has 0 aromatic rings. The second-order valence-corrected chi connectivity index (χ2v) is 4.37. The Morgan fingerprint density at radius 2 is 2.09 bits per heavy atom. The third-order valence-corrected chi connectivity index (χ3v) is 2.45. The van der Waals surface area contributed by atoms with Gasteiger partial charge in [0.05, 0.1) is 6.61 Å². The Kier molecular flexibility index (Phi) is 3.38. The molecule has 0 aliphatic rings. The van der Waals surface area contributed by atoms with Gasteiger partial charge < -0.3 is 5.11 Å². The van der Waals surface area contributed by atoms with E-state index < -0.39 is 27.2 Å². The Labute approximate surface area is 70.8 Å². The minimum absolute atomic E-state index is 0.605. The van der Waals surface area contributed by atoms with Gasteiger partial charge in [0.25, 0.3) is 10.1 Å². The number of aliphatic hydroxyl groups is 1. The number of thiol groups is 1. The summed E-state index contributed by atoms with van der Waals surface area (Å²) in [6.07, 6.45) is 4.86. The molecule has 0 aromatic heterocycles. The van der Waals surface area contributed by atoms with E-state index in [0.29, 0.717) is 0 Å². The van der Waals surface area contributed by atoms with Gasteiger partial charge in [-0.3, -0.25) is 4.55 Å². The van der Waals surface area contributed by atoms with Crippen LogP contribution in [-0.4, -0.2) is 35.2 Å². The molecule has 0 saturated heterocycles. The molecule has 0 fully saturated rings. The molecule has 0 aliphatic heterocycles. The van der Waals surface area contributed by atoms with Gasteiger partial charge >= 0.3 is 0 Å². The molecule has 0 heterocycles. The molecule has 0 aliphatic carbocycles. The predicted octanol–water partition coefficient (Wildman–Crippen LogP) is -0.832. The molecule has 4 nitrogen and oxygen atoms in total. The maximum atomic E-state index is 10.3. The van der Waals surface area contributed by atoms with Crippen LogP contribution >= 0.6 is 12.6 Å². The Hall–Kier alpha value is -0.220. The summed E-state index contributed by atoms with van der Waals surface area (Å²) in [6, 6.07) is 0. The maximum Gasteiger partial charge on any atom is 0.267 e. The molecule has 11 heavy (non-hydrogen) atoms. The van der Waals surface area contributed by atoms with E-state index >= 15 is 0 Å². The minimum Gasteiger partial charge on any atom is -0.394 e. The number of hydrogen-bond donors (Lipinski definition) is 3. The van der Waals surface area contributed by atoms with E-state index in [1.807, 2.05) is 5.92 Å². The van der Waals surface area contributed by atoms with Crippen LogP contribution in [0, 0.1) is 12.3 Å². The fraction of sp³-hybridized carbons (Fsp3) is 0.600. The fourth-order valence-corrected chi connectivity index (χ4v) is 1.70. The highest BCUT2D eigenvalue weighted by molar-refractivity contribution is 7.88. The summed E-state index contributed by atoms with van der Waals surface area (Å²) in [5, 5.41) is 8.55. The van der Waals surface area contributed by atoms with Crippen LogP contribution in [0.1, 0.15) is 0 Å². The average Bonchev–Trinajstić information content (AvgIpc) is 1.84. The largest absolute Gasteiger partial charge is 0.394 e. The molecule has 0 rings (SSSR count). The highest BCUT2D eigenvalue weighted by Crippen LogP contribution is 2.14. The first-order valence-corrected chi connectivity index (χ1v) is 4.65. The normalized spacial score (nSPS) is 16.9. The van der Waals surface area contributed by atoms with Gasteiger partial charge in [-0.1, -0.05) is 5.92 Å². The van der Waals surface area contributed by atoms with Crippen LogP contribution in [0.3, 0.4) is 0 Å². The number of aliphatic hydroxyl groups excluding tert-OH is 1. The SMILES string of the molecule is C#CC(S)(CO)CS(=O)(=O)O. The molecule has 0 aromatic carbocycles. The van der Waals surface area contributed by atoms with Crippen molar-refractivity contribution in [3.63, 3.8) is 0 Å². The van der Waals surface area contributed by atoms with Gasteiger partial charge in [-0.2, -0.15) is 21.0 Å². The molecule has 2 N–H and O–H groups in total. The third kappa shape index (κ3) is 4.27. The predicted molar refractivity (Wildman–Crippen MR) is 44.1 cm³/mol. The lowest BCUT2D eigenvalue weighted by molar-refractivity contribution is 0.279. The summed E-state index contributed by atoms with van der Waals surface area (Å²) < 4.78 is 27.4. The zero-order valence-corrected chi connectivity index (χ0v) is 7.27. The van der Waals surface area contributed by atoms with Gasteiger partial charge in [-0.15, -0.1) is 6.42 Å². The number of rotatable bonds is 3. The molecule has 6 heteroatoms. The van der Waals surface area contributed by atoms with E-state index in [0.717, 1.165) is 0 Å². The summed E-state index contributed by atoms with van der Waals surface area (Å²) in [6.45, 7) is -0.605. The van der Waals surface area contributed by atoms with Crippen LogP contribution in [0.2, 0.25) is 0 Å². The first kappa shape index (κ1) is 10.8. The molecule has 0 radical (unpaired) electrons. The smallest absolute Gasteiger partial charge is 0.267 e. The van der Waals surface area contributed by atoms with Crippen molar-refractivity contribution in [2.45, 2.75) is 4.75 Å². The van der Waals surface area contributed by atoms with Crippen molar-refractivity contribution in [3.8, 4) is 12.3 Å². The summed E-state index contributed by atoms with van der Waals surface area (Å²) in [4.78, 5) is 0. The Morgan fingerprint density at radius 1 is 1.64 bits per heavy atom. The first-order chi connectivity index (χ1) is 4.83. The summed E-state index contributed by atoms with van der Waals surface area (Å²) in [5.74, 6) is 1.21. The lowest BCUT2D eigenvalue weighted by Crippen LogP contribution is -2.33. The van der Waals surface area contributed by atoms with E-state index in [1.54, 1.807) is 0 Å². The molecule has 0 amide bonds. The van der Waals surface area contributed by atoms with Crippen LogP contribution in [0.5, 0.6) is 0 Å². The zero-order valence-electron chi connectivity index (χ0n) is 5.56. The van der Waals surface area contributed by atoms with Crippen molar-refractivity contribution in [3.05, 3.63) is 0 Å². The molecule has 1 unspecified atom stereocenters. The highest BCUT2D eigenvalue weighted by Gasteiger charge is 2.28. The van der Waals surface area contributed by atoms with E-state index in [9.17, 15) is 8.42 Å². The van der Waals surface area contributed by atoms with Crippen molar-refractivity contribution in [1.82, 2.24) is 0 Å². The number of hydrogen-bond acceptors (Lipinski definition) is 4. The van der Waals surface area contributed by atoms with Gasteiger partial charge in [0.1, 0.15) is 10.5 Å². The maximum absolute atomic E-state index is 10.3. The lowest BCUT2D eigenvalue weighted by atomic mass is 10.2. The molecular weight excluding hydrogens is 188 g/mol. The van der Waals surface area contributed by atoms with Crippen molar-refractivity contribution in [2.24, 2.45) is 0 Å². The van der Waals surface area contributed by atoms with Crippen LogP contribution < -0.4 is 0 Å². The monoisotopic (exact) mass is 196 g/mol. The van der Waals surface area contributed by atoms with E-state index in [-0.39, 0.29) is 0 Å². The van der Waals surface area contributed by atoms with E-state index in [4.69, 9.17) is 16.1 Å². The van der Waals surface area contributed by atoms with Crippen molar-refractivity contribution < 1.29 is 18.1 Å². The van der Waals surface area contributed by atoms with Crippen LogP contribution in [0.15, 0.2) is 0 Å². The van der Waals surface area contributed by atoms with Crippen molar-refractivity contribution in [1.29, 1.82) is 0 Å². The molecule has 64 valence electrons. The van der Waals surface area contributed by atoms with Crippen LogP contribution in [-0.2, 0) is 10.1 Å². The van der Waals surface area contributed by atoms with Gasteiger partial charge in [-0.25, -0.2) is 0 Å². The fourth-order valence-electron chi connectivity index (χ4n) is 0.435. The molecule has 1 atom stereocenters. The summed E-state index contributed by atoms with van der Waals surface area (Å²) in [5.41, 5.74) is 0. The topological polar surface area (TPSA) is 74.6 Å².